The molecule has 0 aliphatic rings. The predicted molar refractivity (Wildman–Crippen MR) is 94.3 cm³/mol. The number of ether oxygens (including phenoxy) is 1. The number of nitrogens with one attached hydrogen (secondary N) is 1. The predicted octanol–water partition coefficient (Wildman–Crippen LogP) is 4.51. The van der Waals surface area contributed by atoms with E-state index in [-0.39, 0.29) is 5.91 Å². The quantitative estimate of drug-likeness (QED) is 0.745. The Labute approximate surface area is 146 Å². The minimum atomic E-state index is -0.566. The lowest BCUT2D eigenvalue weighted by atomic mass is 10.1. The van der Waals surface area contributed by atoms with Gasteiger partial charge < -0.3 is 10.1 Å². The second-order valence-corrected chi connectivity index (χ2v) is 6.11. The molecule has 1 amide bonds. The molecule has 0 unspecified atom stereocenters. The first-order valence-electron chi connectivity index (χ1n) is 7.49. The fourth-order valence-electron chi connectivity index (χ4n) is 2.10. The molecule has 0 aliphatic carbocycles. The van der Waals surface area contributed by atoms with Crippen molar-refractivity contribution in [3.8, 4) is 5.75 Å². The molecule has 122 valence electrons. The van der Waals surface area contributed by atoms with Gasteiger partial charge in [0.1, 0.15) is 5.75 Å². The summed E-state index contributed by atoms with van der Waals surface area (Å²) in [5, 5.41) is 4.19. The van der Waals surface area contributed by atoms with Crippen molar-refractivity contribution in [1.29, 1.82) is 0 Å². The Bertz CT molecular complexity index is 644. The van der Waals surface area contributed by atoms with Crippen LogP contribution in [-0.2, 0) is 11.2 Å². The standard InChI is InChI=1S/C18H19Cl2NO2/c1-13(23-17-6-2-5-16(20)12-17)18(22)21-11-3-4-14-7-9-15(19)10-8-14/h2,5-10,12-13H,3-4,11H2,1H3,(H,21,22)/t13-/m0/s1. The summed E-state index contributed by atoms with van der Waals surface area (Å²) in [6, 6.07) is 14.7. The van der Waals surface area contributed by atoms with Gasteiger partial charge in [-0.15, -0.1) is 0 Å². The highest BCUT2D eigenvalue weighted by atomic mass is 35.5. The van der Waals surface area contributed by atoms with Crippen molar-refractivity contribution >= 4 is 29.1 Å². The van der Waals surface area contributed by atoms with E-state index in [2.05, 4.69) is 5.32 Å². The molecule has 0 heterocycles. The molecule has 0 saturated heterocycles. The molecule has 1 atom stereocenters. The topological polar surface area (TPSA) is 38.3 Å². The van der Waals surface area contributed by atoms with Crippen molar-refractivity contribution in [2.24, 2.45) is 0 Å². The van der Waals surface area contributed by atoms with E-state index in [4.69, 9.17) is 27.9 Å². The second-order valence-electron chi connectivity index (χ2n) is 5.24. The van der Waals surface area contributed by atoms with Gasteiger partial charge in [0.2, 0.25) is 0 Å². The van der Waals surface area contributed by atoms with E-state index in [1.54, 1.807) is 31.2 Å². The monoisotopic (exact) mass is 351 g/mol. The Hall–Kier alpha value is -1.71. The number of carbonyl (C=O) groups is 1. The average Bonchev–Trinajstić information content (AvgIpc) is 2.53. The van der Waals surface area contributed by atoms with Crippen LogP contribution in [0, 0.1) is 0 Å². The summed E-state index contributed by atoms with van der Waals surface area (Å²) in [6.45, 7) is 2.32. The van der Waals surface area contributed by atoms with E-state index in [1.165, 1.54) is 5.56 Å². The van der Waals surface area contributed by atoms with Gasteiger partial charge in [0.25, 0.3) is 5.91 Å². The molecule has 2 aromatic rings. The van der Waals surface area contributed by atoms with Crippen molar-refractivity contribution in [1.82, 2.24) is 5.32 Å². The Morgan fingerprint density at radius 2 is 1.87 bits per heavy atom. The number of rotatable bonds is 7. The molecule has 5 heteroatoms. The molecular formula is C18H19Cl2NO2. The van der Waals surface area contributed by atoms with Crippen LogP contribution in [0.1, 0.15) is 18.9 Å². The van der Waals surface area contributed by atoms with Gasteiger partial charge in [-0.25, -0.2) is 0 Å². The zero-order valence-electron chi connectivity index (χ0n) is 12.9. The molecule has 2 rings (SSSR count). The van der Waals surface area contributed by atoms with Crippen molar-refractivity contribution in [2.45, 2.75) is 25.9 Å². The Balaban J connectivity index is 1.70. The fraction of sp³-hybridized carbons (Fsp3) is 0.278. The minimum Gasteiger partial charge on any atom is -0.481 e. The lowest BCUT2D eigenvalue weighted by Crippen LogP contribution is -2.36. The highest BCUT2D eigenvalue weighted by Gasteiger charge is 2.13. The highest BCUT2D eigenvalue weighted by Crippen LogP contribution is 2.18. The lowest BCUT2D eigenvalue weighted by Gasteiger charge is -2.14. The van der Waals surface area contributed by atoms with Crippen molar-refractivity contribution < 1.29 is 9.53 Å². The molecule has 2 aromatic carbocycles. The van der Waals surface area contributed by atoms with Gasteiger partial charge in [0.15, 0.2) is 6.10 Å². The van der Waals surface area contributed by atoms with Crippen LogP contribution in [-0.4, -0.2) is 18.6 Å². The highest BCUT2D eigenvalue weighted by molar-refractivity contribution is 6.30. The third-order valence-electron chi connectivity index (χ3n) is 3.33. The zero-order chi connectivity index (χ0) is 16.7. The van der Waals surface area contributed by atoms with Gasteiger partial charge in [-0.05, 0) is 55.7 Å². The number of aryl methyl sites for hydroxylation is 1. The van der Waals surface area contributed by atoms with Crippen LogP contribution in [0.4, 0.5) is 0 Å². The molecule has 3 nitrogen and oxygen atoms in total. The summed E-state index contributed by atoms with van der Waals surface area (Å²) in [7, 11) is 0. The van der Waals surface area contributed by atoms with Crippen molar-refractivity contribution in [3.63, 3.8) is 0 Å². The summed E-state index contributed by atoms with van der Waals surface area (Å²) in [4.78, 5) is 12.0. The summed E-state index contributed by atoms with van der Waals surface area (Å²) < 4.78 is 5.57. The SMILES string of the molecule is C[C@H](Oc1cccc(Cl)c1)C(=O)NCCCc1ccc(Cl)cc1. The fourth-order valence-corrected chi connectivity index (χ4v) is 2.40. The van der Waals surface area contributed by atoms with E-state index in [1.807, 2.05) is 24.3 Å². The van der Waals surface area contributed by atoms with Crippen molar-refractivity contribution in [3.05, 3.63) is 64.1 Å². The molecule has 0 saturated carbocycles. The zero-order valence-corrected chi connectivity index (χ0v) is 14.4. The Morgan fingerprint density at radius 3 is 2.57 bits per heavy atom. The average molecular weight is 352 g/mol. The van der Waals surface area contributed by atoms with Gasteiger partial charge in [-0.3, -0.25) is 4.79 Å². The van der Waals surface area contributed by atoms with E-state index in [0.29, 0.717) is 17.3 Å². The summed E-state index contributed by atoms with van der Waals surface area (Å²) in [5.74, 6) is 0.447. The smallest absolute Gasteiger partial charge is 0.260 e. The number of benzene rings is 2. The van der Waals surface area contributed by atoms with Crippen LogP contribution in [0.3, 0.4) is 0 Å². The molecule has 0 radical (unpaired) electrons. The molecule has 0 aliphatic heterocycles. The second kappa shape index (κ2) is 8.80. The maximum atomic E-state index is 12.0. The number of hydrogen-bond donors (Lipinski definition) is 1. The largest absolute Gasteiger partial charge is 0.481 e. The van der Waals surface area contributed by atoms with Crippen LogP contribution >= 0.6 is 23.2 Å². The number of carbonyl (C=O) groups excluding carboxylic acids is 1. The molecule has 0 aromatic heterocycles. The van der Waals surface area contributed by atoms with Crippen LogP contribution in [0.2, 0.25) is 10.0 Å². The van der Waals surface area contributed by atoms with Crippen LogP contribution in [0.15, 0.2) is 48.5 Å². The third-order valence-corrected chi connectivity index (χ3v) is 3.82. The summed E-state index contributed by atoms with van der Waals surface area (Å²) in [5.41, 5.74) is 1.20. The van der Waals surface area contributed by atoms with E-state index in [0.717, 1.165) is 17.9 Å². The number of hydrogen-bond acceptors (Lipinski definition) is 2. The third kappa shape index (κ3) is 6.12. The first kappa shape index (κ1) is 17.6. The van der Waals surface area contributed by atoms with E-state index in [9.17, 15) is 4.79 Å². The Morgan fingerprint density at radius 1 is 1.13 bits per heavy atom. The normalized spacial score (nSPS) is 11.8. The maximum Gasteiger partial charge on any atom is 0.260 e. The van der Waals surface area contributed by atoms with Gasteiger partial charge in [-0.2, -0.15) is 0 Å². The molecule has 0 fully saturated rings. The van der Waals surface area contributed by atoms with Crippen LogP contribution < -0.4 is 10.1 Å². The molecule has 0 spiro atoms. The van der Waals surface area contributed by atoms with Crippen LogP contribution in [0.25, 0.3) is 0 Å². The first-order chi connectivity index (χ1) is 11.0. The summed E-state index contributed by atoms with van der Waals surface area (Å²) in [6.07, 6.45) is 1.18. The lowest BCUT2D eigenvalue weighted by molar-refractivity contribution is -0.127. The first-order valence-corrected chi connectivity index (χ1v) is 8.24. The van der Waals surface area contributed by atoms with Gasteiger partial charge in [0, 0.05) is 16.6 Å². The number of halogens is 2. The minimum absolute atomic E-state index is 0.138. The van der Waals surface area contributed by atoms with Crippen molar-refractivity contribution in [2.75, 3.05) is 6.54 Å². The maximum absolute atomic E-state index is 12.0. The Kier molecular flexibility index (Phi) is 6.75. The van der Waals surface area contributed by atoms with E-state index >= 15 is 0 Å². The molecule has 23 heavy (non-hydrogen) atoms. The van der Waals surface area contributed by atoms with Gasteiger partial charge in [0.05, 0.1) is 0 Å². The number of amides is 1. The van der Waals surface area contributed by atoms with E-state index < -0.39 is 6.10 Å². The molecule has 0 bridgehead atoms. The molecule has 1 N–H and O–H groups in total. The summed E-state index contributed by atoms with van der Waals surface area (Å²) >= 11 is 11.7. The van der Waals surface area contributed by atoms with Gasteiger partial charge >= 0.3 is 0 Å². The molecular weight excluding hydrogens is 333 g/mol. The van der Waals surface area contributed by atoms with Gasteiger partial charge in [-0.1, -0.05) is 41.4 Å². The van der Waals surface area contributed by atoms with Crippen LogP contribution in [0.5, 0.6) is 5.75 Å².